The summed E-state index contributed by atoms with van der Waals surface area (Å²) in [5.74, 6) is -0.807. The standard InChI is InChI=1S/C23H26N2O4/c1-16-12-17(2)14-20(13-16)24-21(26)18-4-3-5-19(15-18)22(27)25-8-6-23(7-9-25)28-10-11-29-23/h3-5,12-15H,6-11H2,1-2H3,(H,24,26). The summed E-state index contributed by atoms with van der Waals surface area (Å²) in [6, 6.07) is 12.8. The highest BCUT2D eigenvalue weighted by molar-refractivity contribution is 6.06. The Morgan fingerprint density at radius 3 is 2.21 bits per heavy atom. The summed E-state index contributed by atoms with van der Waals surface area (Å²) < 4.78 is 11.5. The van der Waals surface area contributed by atoms with Gasteiger partial charge in [0, 0.05) is 42.7 Å². The Balaban J connectivity index is 1.44. The second-order valence-electron chi connectivity index (χ2n) is 7.81. The van der Waals surface area contributed by atoms with Crippen LogP contribution in [0.5, 0.6) is 0 Å². The third-order valence-corrected chi connectivity index (χ3v) is 5.48. The summed E-state index contributed by atoms with van der Waals surface area (Å²) in [5.41, 5.74) is 3.90. The van der Waals surface area contributed by atoms with Crippen LogP contribution in [0.4, 0.5) is 5.69 Å². The zero-order chi connectivity index (χ0) is 20.4. The summed E-state index contributed by atoms with van der Waals surface area (Å²) in [7, 11) is 0. The lowest BCUT2D eigenvalue weighted by atomic mass is 10.0. The maximum atomic E-state index is 12.9. The maximum Gasteiger partial charge on any atom is 0.255 e. The Bertz CT molecular complexity index is 904. The van der Waals surface area contributed by atoms with Gasteiger partial charge in [-0.2, -0.15) is 0 Å². The molecular weight excluding hydrogens is 368 g/mol. The van der Waals surface area contributed by atoms with Crippen LogP contribution in [-0.4, -0.2) is 48.8 Å². The molecule has 6 heteroatoms. The van der Waals surface area contributed by atoms with E-state index in [-0.39, 0.29) is 11.8 Å². The number of nitrogens with zero attached hydrogens (tertiary/aromatic N) is 1. The first-order valence-electron chi connectivity index (χ1n) is 10.0. The van der Waals surface area contributed by atoms with Crippen molar-refractivity contribution in [1.29, 1.82) is 0 Å². The second kappa shape index (κ2) is 7.97. The molecule has 2 heterocycles. The van der Waals surface area contributed by atoms with E-state index in [2.05, 4.69) is 11.4 Å². The number of carbonyl (C=O) groups excluding carboxylic acids is 2. The van der Waals surface area contributed by atoms with Gasteiger partial charge in [0.05, 0.1) is 13.2 Å². The third-order valence-electron chi connectivity index (χ3n) is 5.48. The Labute approximate surface area is 170 Å². The van der Waals surface area contributed by atoms with Crippen LogP contribution < -0.4 is 5.32 Å². The molecule has 29 heavy (non-hydrogen) atoms. The molecule has 0 bridgehead atoms. The van der Waals surface area contributed by atoms with Gasteiger partial charge in [-0.05, 0) is 55.3 Å². The van der Waals surface area contributed by atoms with Crippen molar-refractivity contribution in [1.82, 2.24) is 4.90 Å². The van der Waals surface area contributed by atoms with Crippen LogP contribution in [0.15, 0.2) is 42.5 Å². The van der Waals surface area contributed by atoms with Crippen LogP contribution in [0.3, 0.4) is 0 Å². The number of hydrogen-bond donors (Lipinski definition) is 1. The fourth-order valence-electron chi connectivity index (χ4n) is 4.06. The van der Waals surface area contributed by atoms with Gasteiger partial charge in [0.1, 0.15) is 0 Å². The highest BCUT2D eigenvalue weighted by Gasteiger charge is 2.40. The van der Waals surface area contributed by atoms with Crippen LogP contribution in [0.25, 0.3) is 0 Å². The minimum Gasteiger partial charge on any atom is -0.347 e. The molecule has 0 aliphatic carbocycles. The number of anilines is 1. The number of piperidine rings is 1. The predicted molar refractivity (Wildman–Crippen MR) is 110 cm³/mol. The molecule has 1 N–H and O–H groups in total. The van der Waals surface area contributed by atoms with Crippen LogP contribution in [0.1, 0.15) is 44.7 Å². The molecule has 2 amide bonds. The van der Waals surface area contributed by atoms with Crippen molar-refractivity contribution in [2.24, 2.45) is 0 Å². The van der Waals surface area contributed by atoms with Crippen LogP contribution in [0.2, 0.25) is 0 Å². The van der Waals surface area contributed by atoms with E-state index in [1.807, 2.05) is 26.0 Å². The van der Waals surface area contributed by atoms with Crippen molar-refractivity contribution in [3.05, 3.63) is 64.7 Å². The van der Waals surface area contributed by atoms with E-state index in [0.717, 1.165) is 16.8 Å². The summed E-state index contributed by atoms with van der Waals surface area (Å²) in [6.45, 7) is 6.38. The molecule has 2 fully saturated rings. The molecule has 2 aromatic rings. The number of carbonyl (C=O) groups is 2. The SMILES string of the molecule is Cc1cc(C)cc(NC(=O)c2cccc(C(=O)N3CCC4(CC3)OCCO4)c2)c1. The van der Waals surface area contributed by atoms with Crippen molar-refractivity contribution in [3.63, 3.8) is 0 Å². The van der Waals surface area contributed by atoms with E-state index in [1.54, 1.807) is 29.2 Å². The highest BCUT2D eigenvalue weighted by atomic mass is 16.7. The number of aryl methyl sites for hydroxylation is 2. The van der Waals surface area contributed by atoms with Crippen LogP contribution in [0, 0.1) is 13.8 Å². The minimum atomic E-state index is -0.509. The molecule has 0 saturated carbocycles. The topological polar surface area (TPSA) is 67.9 Å². The largest absolute Gasteiger partial charge is 0.347 e. The molecular formula is C23H26N2O4. The molecule has 2 aliphatic rings. The molecule has 4 rings (SSSR count). The second-order valence-corrected chi connectivity index (χ2v) is 7.81. The van der Waals surface area contributed by atoms with E-state index < -0.39 is 5.79 Å². The Morgan fingerprint density at radius 1 is 0.931 bits per heavy atom. The van der Waals surface area contributed by atoms with Gasteiger partial charge in [0.15, 0.2) is 5.79 Å². The van der Waals surface area contributed by atoms with Crippen molar-refractivity contribution in [3.8, 4) is 0 Å². The van der Waals surface area contributed by atoms with E-state index in [1.165, 1.54) is 0 Å². The normalized spacial score (nSPS) is 18.1. The molecule has 2 saturated heterocycles. The molecule has 1 spiro atoms. The molecule has 2 aliphatic heterocycles. The predicted octanol–water partition coefficient (Wildman–Crippen LogP) is 3.53. The molecule has 0 unspecified atom stereocenters. The lowest BCUT2D eigenvalue weighted by molar-refractivity contribution is -0.181. The van der Waals surface area contributed by atoms with Crippen molar-refractivity contribution >= 4 is 17.5 Å². The summed E-state index contributed by atoms with van der Waals surface area (Å²) in [6.07, 6.45) is 1.34. The summed E-state index contributed by atoms with van der Waals surface area (Å²) in [4.78, 5) is 27.4. The number of benzene rings is 2. The number of amides is 2. The van der Waals surface area contributed by atoms with Crippen LogP contribution >= 0.6 is 0 Å². The number of likely N-dealkylation sites (tertiary alicyclic amines) is 1. The number of ether oxygens (including phenoxy) is 2. The molecule has 6 nitrogen and oxygen atoms in total. The van der Waals surface area contributed by atoms with Crippen molar-refractivity contribution in [2.45, 2.75) is 32.5 Å². The first-order chi connectivity index (χ1) is 13.9. The average molecular weight is 394 g/mol. The molecule has 2 aromatic carbocycles. The zero-order valence-electron chi connectivity index (χ0n) is 16.9. The van der Waals surface area contributed by atoms with E-state index in [4.69, 9.17) is 9.47 Å². The highest BCUT2D eigenvalue weighted by Crippen LogP contribution is 2.31. The Hall–Kier alpha value is -2.70. The first-order valence-corrected chi connectivity index (χ1v) is 10.0. The first kappa shape index (κ1) is 19.6. The Morgan fingerprint density at radius 2 is 1.55 bits per heavy atom. The fraction of sp³-hybridized carbons (Fsp3) is 0.391. The molecule has 0 atom stereocenters. The lowest BCUT2D eigenvalue weighted by Gasteiger charge is -2.37. The van der Waals surface area contributed by atoms with Gasteiger partial charge < -0.3 is 19.7 Å². The van der Waals surface area contributed by atoms with E-state index in [9.17, 15) is 9.59 Å². The van der Waals surface area contributed by atoms with Crippen molar-refractivity contribution < 1.29 is 19.1 Å². The van der Waals surface area contributed by atoms with Gasteiger partial charge in [0.25, 0.3) is 11.8 Å². The minimum absolute atomic E-state index is 0.0705. The monoisotopic (exact) mass is 394 g/mol. The smallest absolute Gasteiger partial charge is 0.255 e. The number of rotatable bonds is 3. The Kier molecular flexibility index (Phi) is 5.39. The lowest BCUT2D eigenvalue weighted by Crippen LogP contribution is -2.47. The van der Waals surface area contributed by atoms with Gasteiger partial charge in [0.2, 0.25) is 0 Å². The van der Waals surface area contributed by atoms with Crippen LogP contribution in [-0.2, 0) is 9.47 Å². The quantitative estimate of drug-likeness (QED) is 0.865. The number of hydrogen-bond acceptors (Lipinski definition) is 4. The van der Waals surface area contributed by atoms with Gasteiger partial charge in [-0.3, -0.25) is 9.59 Å². The summed E-state index contributed by atoms with van der Waals surface area (Å²) >= 11 is 0. The van der Waals surface area contributed by atoms with Gasteiger partial charge in [-0.1, -0.05) is 12.1 Å². The van der Waals surface area contributed by atoms with Gasteiger partial charge in [-0.25, -0.2) is 0 Å². The molecule has 0 radical (unpaired) electrons. The van der Waals surface area contributed by atoms with Crippen molar-refractivity contribution in [2.75, 3.05) is 31.6 Å². The molecule has 0 aromatic heterocycles. The van der Waals surface area contributed by atoms with E-state index in [0.29, 0.717) is 50.3 Å². The fourth-order valence-corrected chi connectivity index (χ4v) is 4.06. The third kappa shape index (κ3) is 4.33. The van der Waals surface area contributed by atoms with Gasteiger partial charge in [-0.15, -0.1) is 0 Å². The number of nitrogens with one attached hydrogen (secondary N) is 1. The zero-order valence-corrected chi connectivity index (χ0v) is 16.9. The average Bonchev–Trinajstić information content (AvgIpc) is 3.15. The summed E-state index contributed by atoms with van der Waals surface area (Å²) in [5, 5.41) is 2.92. The van der Waals surface area contributed by atoms with E-state index >= 15 is 0 Å². The maximum absolute atomic E-state index is 12.9. The van der Waals surface area contributed by atoms with Gasteiger partial charge >= 0.3 is 0 Å². The molecule has 152 valence electrons.